The van der Waals surface area contributed by atoms with Gasteiger partial charge < -0.3 is 0 Å². The maximum Gasteiger partial charge on any atom is 0.235 e. The third-order valence-electron chi connectivity index (χ3n) is 4.65. The van der Waals surface area contributed by atoms with Crippen LogP contribution in [0.25, 0.3) is 0 Å². The average molecular weight is 301 g/mol. The quantitative estimate of drug-likeness (QED) is 0.413. The van der Waals surface area contributed by atoms with E-state index in [4.69, 9.17) is 0 Å². The lowest BCUT2D eigenvalue weighted by atomic mass is 10.1. The van der Waals surface area contributed by atoms with Crippen molar-refractivity contribution in [3.8, 4) is 11.5 Å². The zero-order valence-electron chi connectivity index (χ0n) is 14.4. The molecule has 0 N–H and O–H groups in total. The van der Waals surface area contributed by atoms with Gasteiger partial charge in [0.15, 0.2) is 0 Å². The first kappa shape index (κ1) is 17.7. The Kier molecular flexibility index (Phi) is 5.98. The fourth-order valence-electron chi connectivity index (χ4n) is 3.49. The van der Waals surface area contributed by atoms with E-state index in [0.29, 0.717) is 16.6 Å². The van der Waals surface area contributed by atoms with Crippen molar-refractivity contribution in [2.75, 3.05) is 0 Å². The van der Waals surface area contributed by atoms with Gasteiger partial charge in [0.2, 0.25) is 5.78 Å². The summed E-state index contributed by atoms with van der Waals surface area (Å²) in [4.78, 5) is 12.4. The molecule has 1 aromatic carbocycles. The van der Waals surface area contributed by atoms with E-state index in [1.54, 1.807) is 0 Å². The number of Topliss-reactive ketones (excluding diaryl/α,β-unsaturated/α-hetero) is 1. The van der Waals surface area contributed by atoms with Crippen LogP contribution in [0.2, 0.25) is 16.6 Å². The number of carbonyl (C=O) groups is 1. The minimum Gasteiger partial charge on any atom is -0.279 e. The predicted molar refractivity (Wildman–Crippen MR) is 94.3 cm³/mol. The normalized spacial score (nSPS) is 11.7. The molecule has 0 unspecified atom stereocenters. The topological polar surface area (TPSA) is 17.1 Å². The molecule has 0 aromatic heterocycles. The fraction of sp³-hybridized carbons (Fsp3) is 0.526. The van der Waals surface area contributed by atoms with Gasteiger partial charge in [0.05, 0.1) is 0 Å². The Morgan fingerprint density at radius 2 is 1.43 bits per heavy atom. The van der Waals surface area contributed by atoms with Gasteiger partial charge in [-0.2, -0.15) is 0 Å². The van der Waals surface area contributed by atoms with E-state index in [2.05, 4.69) is 53.0 Å². The molecular formula is C19H28OSi. The minimum absolute atomic E-state index is 0.0353. The summed E-state index contributed by atoms with van der Waals surface area (Å²) in [5.74, 6) is 2.96. The SMILES string of the molecule is Cc1ccccc1C(=O)C#C[Si](C(C)C)(C(C)C)C(C)C. The van der Waals surface area contributed by atoms with Gasteiger partial charge in [-0.1, -0.05) is 65.8 Å². The highest BCUT2D eigenvalue weighted by Gasteiger charge is 2.41. The van der Waals surface area contributed by atoms with Crippen LogP contribution in [0.1, 0.15) is 57.5 Å². The van der Waals surface area contributed by atoms with Crippen LogP contribution in [0.3, 0.4) is 0 Å². The van der Waals surface area contributed by atoms with Crippen molar-refractivity contribution in [2.45, 2.75) is 65.1 Å². The number of rotatable bonds is 4. The highest BCUT2D eigenvalue weighted by molar-refractivity contribution is 6.90. The third kappa shape index (κ3) is 3.65. The van der Waals surface area contributed by atoms with E-state index in [1.165, 1.54) is 0 Å². The second kappa shape index (κ2) is 7.09. The van der Waals surface area contributed by atoms with Gasteiger partial charge in [-0.15, -0.1) is 5.54 Å². The molecule has 0 saturated carbocycles. The summed E-state index contributed by atoms with van der Waals surface area (Å²) < 4.78 is 0. The van der Waals surface area contributed by atoms with Crippen LogP contribution in [0.4, 0.5) is 0 Å². The molecule has 0 fully saturated rings. The van der Waals surface area contributed by atoms with Crippen molar-refractivity contribution in [2.24, 2.45) is 0 Å². The summed E-state index contributed by atoms with van der Waals surface area (Å²) in [6.07, 6.45) is 0. The zero-order valence-corrected chi connectivity index (χ0v) is 15.4. The summed E-state index contributed by atoms with van der Waals surface area (Å²) in [6.45, 7) is 15.5. The number of hydrogen-bond donors (Lipinski definition) is 0. The maximum absolute atomic E-state index is 12.4. The first-order valence-electron chi connectivity index (χ1n) is 7.86. The van der Waals surface area contributed by atoms with E-state index in [9.17, 15) is 4.79 Å². The summed E-state index contributed by atoms with van der Waals surface area (Å²) in [7, 11) is -1.82. The molecule has 0 heterocycles. The van der Waals surface area contributed by atoms with E-state index in [1.807, 2.05) is 31.2 Å². The Balaban J connectivity index is 3.23. The lowest BCUT2D eigenvalue weighted by Crippen LogP contribution is -2.43. The van der Waals surface area contributed by atoms with Crippen LogP contribution in [0.5, 0.6) is 0 Å². The van der Waals surface area contributed by atoms with Crippen molar-refractivity contribution < 1.29 is 4.79 Å². The molecule has 0 radical (unpaired) electrons. The molecule has 1 aromatic rings. The third-order valence-corrected chi connectivity index (χ3v) is 10.9. The second-order valence-electron chi connectivity index (χ2n) is 6.79. The highest BCUT2D eigenvalue weighted by Crippen LogP contribution is 2.40. The molecule has 0 amide bonds. The Labute approximate surface area is 131 Å². The largest absolute Gasteiger partial charge is 0.279 e. The Bertz CT molecular complexity index is 537. The molecule has 1 nitrogen and oxygen atoms in total. The van der Waals surface area contributed by atoms with Crippen LogP contribution in [-0.4, -0.2) is 13.9 Å². The molecule has 2 heteroatoms. The molecule has 0 bridgehead atoms. The molecule has 0 atom stereocenters. The zero-order chi connectivity index (χ0) is 16.2. The van der Waals surface area contributed by atoms with Gasteiger partial charge in [-0.3, -0.25) is 4.79 Å². The lowest BCUT2D eigenvalue weighted by molar-refractivity contribution is 0.105. The molecule has 21 heavy (non-hydrogen) atoms. The van der Waals surface area contributed by atoms with Crippen LogP contribution in [-0.2, 0) is 0 Å². The summed E-state index contributed by atoms with van der Waals surface area (Å²) in [5, 5.41) is 0. The Morgan fingerprint density at radius 3 is 1.86 bits per heavy atom. The molecule has 0 spiro atoms. The minimum atomic E-state index is -1.82. The van der Waals surface area contributed by atoms with Crippen LogP contribution >= 0.6 is 0 Å². The van der Waals surface area contributed by atoms with Gasteiger partial charge in [-0.05, 0) is 35.0 Å². The molecule has 0 saturated heterocycles. The van der Waals surface area contributed by atoms with Crippen molar-refractivity contribution in [3.63, 3.8) is 0 Å². The van der Waals surface area contributed by atoms with Crippen molar-refractivity contribution in [3.05, 3.63) is 35.4 Å². The molecule has 114 valence electrons. The molecule has 1 rings (SSSR count). The predicted octanol–water partition coefficient (Wildman–Crippen LogP) is 5.40. The number of benzene rings is 1. The summed E-state index contributed by atoms with van der Waals surface area (Å²) in [6, 6.07) is 7.69. The monoisotopic (exact) mass is 300 g/mol. The first-order valence-corrected chi connectivity index (χ1v) is 10.1. The number of aryl methyl sites for hydroxylation is 1. The molecule has 0 aliphatic rings. The van der Waals surface area contributed by atoms with Crippen LogP contribution in [0, 0.1) is 18.4 Å². The summed E-state index contributed by atoms with van der Waals surface area (Å²) in [5.41, 5.74) is 6.89. The molecule has 0 aliphatic heterocycles. The standard InChI is InChI=1S/C19H28OSi/c1-14(2)21(15(3)4,16(5)6)13-12-19(20)18-11-9-8-10-17(18)7/h8-11,14-16H,1-7H3. The molecular weight excluding hydrogens is 272 g/mol. The maximum atomic E-state index is 12.4. The van der Waals surface area contributed by atoms with Crippen molar-refractivity contribution in [1.29, 1.82) is 0 Å². The van der Waals surface area contributed by atoms with Gasteiger partial charge >= 0.3 is 0 Å². The average Bonchev–Trinajstić information content (AvgIpc) is 2.38. The van der Waals surface area contributed by atoms with Crippen LogP contribution in [0.15, 0.2) is 24.3 Å². The van der Waals surface area contributed by atoms with Gasteiger partial charge in [0.25, 0.3) is 0 Å². The number of ketones is 1. The fourth-order valence-corrected chi connectivity index (χ4v) is 8.69. The lowest BCUT2D eigenvalue weighted by Gasteiger charge is -2.37. The van der Waals surface area contributed by atoms with E-state index in [-0.39, 0.29) is 5.78 Å². The van der Waals surface area contributed by atoms with E-state index < -0.39 is 8.07 Å². The number of hydrogen-bond acceptors (Lipinski definition) is 1. The van der Waals surface area contributed by atoms with Gasteiger partial charge in [-0.25, -0.2) is 0 Å². The van der Waals surface area contributed by atoms with E-state index in [0.717, 1.165) is 11.1 Å². The van der Waals surface area contributed by atoms with E-state index >= 15 is 0 Å². The highest BCUT2D eigenvalue weighted by atomic mass is 28.3. The second-order valence-corrected chi connectivity index (χ2v) is 12.4. The van der Waals surface area contributed by atoms with Crippen molar-refractivity contribution >= 4 is 13.9 Å². The van der Waals surface area contributed by atoms with Gasteiger partial charge in [0, 0.05) is 5.56 Å². The molecule has 0 aliphatic carbocycles. The van der Waals surface area contributed by atoms with Crippen molar-refractivity contribution in [1.82, 2.24) is 0 Å². The number of carbonyl (C=O) groups excluding carboxylic acids is 1. The summed E-state index contributed by atoms with van der Waals surface area (Å²) >= 11 is 0. The Morgan fingerprint density at radius 1 is 0.952 bits per heavy atom. The Hall–Kier alpha value is -1.33. The van der Waals surface area contributed by atoms with Crippen LogP contribution < -0.4 is 0 Å². The smallest absolute Gasteiger partial charge is 0.235 e. The first-order chi connectivity index (χ1) is 9.73. The van der Waals surface area contributed by atoms with Gasteiger partial charge in [0.1, 0.15) is 8.07 Å².